The van der Waals surface area contributed by atoms with Gasteiger partial charge in [-0.05, 0) is 24.1 Å². The maximum Gasteiger partial charge on any atom is 0.118 e. The van der Waals surface area contributed by atoms with Crippen molar-refractivity contribution in [2.45, 2.75) is 39.7 Å². The van der Waals surface area contributed by atoms with Crippen LogP contribution in [0, 0.1) is 0 Å². The zero-order valence-corrected chi connectivity index (χ0v) is 10.2. The van der Waals surface area contributed by atoms with Crippen LogP contribution in [0.5, 0.6) is 5.75 Å². The minimum absolute atomic E-state index is 0.351. The second-order valence-corrected chi connectivity index (χ2v) is 3.40. The summed E-state index contributed by atoms with van der Waals surface area (Å²) in [4.78, 5) is 0. The molecule has 0 radical (unpaired) electrons. The van der Waals surface area contributed by atoms with Crippen molar-refractivity contribution < 1.29 is 9.84 Å². The monoisotopic (exact) mass is 210 g/mol. The predicted octanol–water partition coefficient (Wildman–Crippen LogP) is 3.55. The van der Waals surface area contributed by atoms with Crippen molar-refractivity contribution in [3.63, 3.8) is 0 Å². The third-order valence-corrected chi connectivity index (χ3v) is 1.89. The number of benzene rings is 1. The Morgan fingerprint density at radius 2 is 1.60 bits per heavy atom. The van der Waals surface area contributed by atoms with Gasteiger partial charge in [-0.25, -0.2) is 0 Å². The standard InChI is InChI=1S/C10H14O2.C3H8/c1-3-10(11)8-4-6-9(12-2)7-5-8;1-3-2/h4-7,10-11H,3H2,1-2H3;3H2,1-2H3. The van der Waals surface area contributed by atoms with Gasteiger partial charge in [0, 0.05) is 0 Å². The number of ether oxygens (including phenoxy) is 1. The fraction of sp³-hybridized carbons (Fsp3) is 0.538. The molecule has 1 aromatic carbocycles. The molecule has 0 saturated carbocycles. The van der Waals surface area contributed by atoms with E-state index >= 15 is 0 Å². The van der Waals surface area contributed by atoms with Crippen molar-refractivity contribution in [2.75, 3.05) is 7.11 Å². The van der Waals surface area contributed by atoms with E-state index < -0.39 is 0 Å². The SMILES string of the molecule is CCC.CCC(O)c1ccc(OC)cc1. The molecule has 0 fully saturated rings. The largest absolute Gasteiger partial charge is 0.497 e. The van der Waals surface area contributed by atoms with E-state index in [4.69, 9.17) is 4.74 Å². The van der Waals surface area contributed by atoms with Crippen molar-refractivity contribution >= 4 is 0 Å². The quantitative estimate of drug-likeness (QED) is 0.826. The lowest BCUT2D eigenvalue weighted by Gasteiger charge is -2.08. The van der Waals surface area contributed by atoms with Gasteiger partial charge in [-0.2, -0.15) is 0 Å². The number of hydrogen-bond acceptors (Lipinski definition) is 2. The van der Waals surface area contributed by atoms with Crippen molar-refractivity contribution in [3.05, 3.63) is 29.8 Å². The number of methoxy groups -OCH3 is 1. The molecular formula is C13H22O2. The van der Waals surface area contributed by atoms with Crippen LogP contribution in [0.25, 0.3) is 0 Å². The molecule has 0 aliphatic carbocycles. The van der Waals surface area contributed by atoms with Crippen molar-refractivity contribution in [2.24, 2.45) is 0 Å². The zero-order valence-electron chi connectivity index (χ0n) is 10.2. The molecule has 1 unspecified atom stereocenters. The van der Waals surface area contributed by atoms with Gasteiger partial charge in [-0.15, -0.1) is 0 Å². The molecule has 86 valence electrons. The van der Waals surface area contributed by atoms with Crippen LogP contribution < -0.4 is 4.74 Å². The Hall–Kier alpha value is -1.02. The normalized spacial score (nSPS) is 11.3. The summed E-state index contributed by atoms with van der Waals surface area (Å²) in [5.74, 6) is 0.821. The Kier molecular flexibility index (Phi) is 7.74. The van der Waals surface area contributed by atoms with Gasteiger partial charge in [0.15, 0.2) is 0 Å². The average molecular weight is 210 g/mol. The minimum atomic E-state index is -0.351. The molecule has 0 bridgehead atoms. The molecule has 1 atom stereocenters. The molecule has 1 N–H and O–H groups in total. The maximum atomic E-state index is 9.45. The van der Waals surface area contributed by atoms with Gasteiger partial charge in [0.05, 0.1) is 13.2 Å². The summed E-state index contributed by atoms with van der Waals surface area (Å²) in [6.45, 7) is 6.20. The summed E-state index contributed by atoms with van der Waals surface area (Å²) in [6.07, 6.45) is 1.64. The maximum absolute atomic E-state index is 9.45. The Balaban J connectivity index is 0.000000583. The second kappa shape index (κ2) is 8.30. The minimum Gasteiger partial charge on any atom is -0.497 e. The molecule has 0 spiro atoms. The fourth-order valence-corrected chi connectivity index (χ4v) is 1.06. The predicted molar refractivity (Wildman–Crippen MR) is 64.2 cm³/mol. The van der Waals surface area contributed by atoms with Crippen LogP contribution in [-0.2, 0) is 0 Å². The molecule has 0 saturated heterocycles. The smallest absolute Gasteiger partial charge is 0.118 e. The Labute approximate surface area is 92.9 Å². The van der Waals surface area contributed by atoms with Gasteiger partial charge < -0.3 is 9.84 Å². The Morgan fingerprint density at radius 1 is 1.13 bits per heavy atom. The van der Waals surface area contributed by atoms with E-state index in [1.165, 1.54) is 6.42 Å². The van der Waals surface area contributed by atoms with E-state index in [1.807, 2.05) is 31.2 Å². The van der Waals surface area contributed by atoms with Crippen LogP contribution in [-0.4, -0.2) is 12.2 Å². The van der Waals surface area contributed by atoms with Crippen LogP contribution in [0.1, 0.15) is 45.3 Å². The van der Waals surface area contributed by atoms with Crippen LogP contribution >= 0.6 is 0 Å². The lowest BCUT2D eigenvalue weighted by atomic mass is 10.1. The highest BCUT2D eigenvalue weighted by atomic mass is 16.5. The van der Waals surface area contributed by atoms with Crippen molar-refractivity contribution in [1.29, 1.82) is 0 Å². The first kappa shape index (κ1) is 14.0. The van der Waals surface area contributed by atoms with Gasteiger partial charge in [0.25, 0.3) is 0 Å². The van der Waals surface area contributed by atoms with E-state index in [-0.39, 0.29) is 6.10 Å². The molecule has 15 heavy (non-hydrogen) atoms. The van der Waals surface area contributed by atoms with Crippen molar-refractivity contribution in [3.8, 4) is 5.75 Å². The first-order valence-corrected chi connectivity index (χ1v) is 5.51. The summed E-state index contributed by atoms with van der Waals surface area (Å²) >= 11 is 0. The Bertz CT molecular complexity index is 241. The van der Waals surface area contributed by atoms with Crippen molar-refractivity contribution in [1.82, 2.24) is 0 Å². The van der Waals surface area contributed by atoms with Gasteiger partial charge in [-0.3, -0.25) is 0 Å². The van der Waals surface area contributed by atoms with E-state index in [0.717, 1.165) is 17.7 Å². The highest BCUT2D eigenvalue weighted by molar-refractivity contribution is 5.28. The first-order valence-electron chi connectivity index (χ1n) is 5.51. The molecule has 0 aliphatic rings. The molecule has 0 aromatic heterocycles. The molecule has 0 heterocycles. The summed E-state index contributed by atoms with van der Waals surface area (Å²) < 4.78 is 5.00. The Morgan fingerprint density at radius 3 is 1.93 bits per heavy atom. The summed E-state index contributed by atoms with van der Waals surface area (Å²) in [7, 11) is 1.63. The summed E-state index contributed by atoms with van der Waals surface area (Å²) in [6, 6.07) is 7.47. The first-order chi connectivity index (χ1) is 7.19. The third kappa shape index (κ3) is 5.43. The highest BCUT2D eigenvalue weighted by Gasteiger charge is 2.03. The zero-order chi connectivity index (χ0) is 11.7. The van der Waals surface area contributed by atoms with Gasteiger partial charge in [0.2, 0.25) is 0 Å². The van der Waals surface area contributed by atoms with E-state index in [9.17, 15) is 5.11 Å². The topological polar surface area (TPSA) is 29.5 Å². The number of rotatable bonds is 3. The van der Waals surface area contributed by atoms with Crippen LogP contribution in [0.4, 0.5) is 0 Å². The van der Waals surface area contributed by atoms with Crippen LogP contribution in [0.3, 0.4) is 0 Å². The second-order valence-electron chi connectivity index (χ2n) is 3.40. The molecular weight excluding hydrogens is 188 g/mol. The molecule has 1 rings (SSSR count). The number of hydrogen-bond donors (Lipinski definition) is 1. The lowest BCUT2D eigenvalue weighted by molar-refractivity contribution is 0.173. The molecule has 0 amide bonds. The van der Waals surface area contributed by atoms with Gasteiger partial charge >= 0.3 is 0 Å². The lowest BCUT2D eigenvalue weighted by Crippen LogP contribution is -1.94. The summed E-state index contributed by atoms with van der Waals surface area (Å²) in [5, 5.41) is 9.45. The third-order valence-electron chi connectivity index (χ3n) is 1.89. The van der Waals surface area contributed by atoms with E-state index in [1.54, 1.807) is 7.11 Å². The number of aliphatic hydroxyl groups is 1. The highest BCUT2D eigenvalue weighted by Crippen LogP contribution is 2.19. The molecule has 2 nitrogen and oxygen atoms in total. The molecule has 0 aliphatic heterocycles. The van der Waals surface area contributed by atoms with Gasteiger partial charge in [-0.1, -0.05) is 39.3 Å². The fourth-order valence-electron chi connectivity index (χ4n) is 1.06. The van der Waals surface area contributed by atoms with Crippen LogP contribution in [0.2, 0.25) is 0 Å². The number of aliphatic hydroxyl groups excluding tert-OH is 1. The van der Waals surface area contributed by atoms with Crippen LogP contribution in [0.15, 0.2) is 24.3 Å². The van der Waals surface area contributed by atoms with E-state index in [2.05, 4.69) is 13.8 Å². The molecule has 1 aromatic rings. The summed E-state index contributed by atoms with van der Waals surface area (Å²) in [5.41, 5.74) is 0.943. The van der Waals surface area contributed by atoms with Gasteiger partial charge in [0.1, 0.15) is 5.75 Å². The average Bonchev–Trinajstić information content (AvgIpc) is 2.29. The molecule has 2 heteroatoms. The van der Waals surface area contributed by atoms with E-state index in [0.29, 0.717) is 0 Å².